The van der Waals surface area contributed by atoms with E-state index in [4.69, 9.17) is 5.73 Å². The van der Waals surface area contributed by atoms with Gasteiger partial charge in [0.2, 0.25) is 5.91 Å². The van der Waals surface area contributed by atoms with Gasteiger partial charge in [0.05, 0.1) is 11.3 Å². The van der Waals surface area contributed by atoms with Crippen LogP contribution in [-0.4, -0.2) is 32.3 Å². The molecule has 168 valence electrons. The minimum Gasteiger partial charge on any atom is -0.365 e. The molecule has 2 amide bonds. The highest BCUT2D eigenvalue weighted by Gasteiger charge is 2.27. The second-order valence-electron chi connectivity index (χ2n) is 8.06. The molecule has 4 rings (SSSR count). The van der Waals surface area contributed by atoms with Crippen molar-refractivity contribution in [3.8, 4) is 0 Å². The number of fused-ring (bicyclic) bond motifs is 1. The molecule has 0 bridgehead atoms. The first-order valence-corrected chi connectivity index (χ1v) is 12.6. The smallest absolute Gasteiger partial charge is 0.251 e. The summed E-state index contributed by atoms with van der Waals surface area (Å²) in [4.78, 5) is 25.9. The van der Waals surface area contributed by atoms with E-state index in [0.29, 0.717) is 28.1 Å². The van der Waals surface area contributed by atoms with E-state index in [1.165, 1.54) is 28.7 Å². The molecule has 0 spiro atoms. The lowest BCUT2D eigenvalue weighted by Gasteiger charge is -2.18. The second-order valence-corrected chi connectivity index (χ2v) is 10.1. The average Bonchev–Trinajstić information content (AvgIpc) is 3.32. The number of rotatable bonds is 8. The zero-order valence-corrected chi connectivity index (χ0v) is 19.9. The predicted octanol–water partition coefficient (Wildman–Crippen LogP) is 3.90. The molecule has 0 aliphatic heterocycles. The fourth-order valence-corrected chi connectivity index (χ4v) is 6.30. The largest absolute Gasteiger partial charge is 0.365 e. The molecule has 2 aromatic heterocycles. The molecule has 3 N–H and O–H groups in total. The van der Waals surface area contributed by atoms with Crippen molar-refractivity contribution in [2.75, 3.05) is 11.1 Å². The lowest BCUT2D eigenvalue weighted by Crippen LogP contribution is -2.20. The highest BCUT2D eigenvalue weighted by molar-refractivity contribution is 7.99. The Labute approximate surface area is 195 Å². The van der Waals surface area contributed by atoms with E-state index >= 15 is 0 Å². The van der Waals surface area contributed by atoms with Crippen molar-refractivity contribution in [3.05, 3.63) is 57.7 Å². The van der Waals surface area contributed by atoms with Crippen LogP contribution in [0.25, 0.3) is 0 Å². The Morgan fingerprint density at radius 3 is 2.78 bits per heavy atom. The van der Waals surface area contributed by atoms with Gasteiger partial charge in [-0.05, 0) is 43.2 Å². The molecule has 7 nitrogen and oxygen atoms in total. The minimum atomic E-state index is -0.476. The first kappa shape index (κ1) is 22.5. The summed E-state index contributed by atoms with van der Waals surface area (Å²) in [6.45, 7) is 4.97. The number of benzene rings is 1. The molecule has 0 radical (unpaired) electrons. The highest BCUT2D eigenvalue weighted by Crippen LogP contribution is 2.39. The summed E-state index contributed by atoms with van der Waals surface area (Å²) in [6.07, 6.45) is 3.48. The van der Waals surface area contributed by atoms with Gasteiger partial charge < -0.3 is 15.6 Å². The van der Waals surface area contributed by atoms with Gasteiger partial charge in [-0.25, -0.2) is 0 Å². The fraction of sp³-hybridized carbons (Fsp3) is 0.391. The van der Waals surface area contributed by atoms with Crippen molar-refractivity contribution in [1.82, 2.24) is 14.8 Å². The molecule has 0 fully saturated rings. The van der Waals surface area contributed by atoms with Crippen LogP contribution in [0.3, 0.4) is 0 Å². The average molecular weight is 470 g/mol. The number of hydrogen-bond donors (Lipinski definition) is 2. The maximum absolute atomic E-state index is 12.7. The van der Waals surface area contributed by atoms with E-state index in [2.05, 4.69) is 34.6 Å². The minimum absolute atomic E-state index is 0.181. The van der Waals surface area contributed by atoms with E-state index in [9.17, 15) is 9.59 Å². The van der Waals surface area contributed by atoms with Crippen molar-refractivity contribution in [2.45, 2.75) is 51.2 Å². The van der Waals surface area contributed by atoms with Gasteiger partial charge in [-0.1, -0.05) is 49.0 Å². The van der Waals surface area contributed by atoms with E-state index in [1.807, 2.05) is 29.7 Å². The molecule has 1 aromatic carbocycles. The molecule has 1 aliphatic rings. The molecule has 3 aromatic rings. The van der Waals surface area contributed by atoms with E-state index < -0.39 is 5.91 Å². The number of nitrogens with zero attached hydrogens (tertiary/aromatic N) is 3. The number of hydrogen-bond acceptors (Lipinski definition) is 6. The SMILES string of the molecule is CCn1c(Cc2ccccc2)nnc1SCC(=O)Nc1sc2c(c1C(N)=O)CCC(C)C2. The summed E-state index contributed by atoms with van der Waals surface area (Å²) in [5.74, 6) is 0.973. The van der Waals surface area contributed by atoms with Crippen LogP contribution in [0.4, 0.5) is 5.00 Å². The Bertz CT molecular complexity index is 1120. The van der Waals surface area contributed by atoms with Crippen LogP contribution in [0.5, 0.6) is 0 Å². The predicted molar refractivity (Wildman–Crippen MR) is 128 cm³/mol. The van der Waals surface area contributed by atoms with Crippen LogP contribution in [0, 0.1) is 5.92 Å². The van der Waals surface area contributed by atoms with Gasteiger partial charge >= 0.3 is 0 Å². The van der Waals surface area contributed by atoms with Crippen LogP contribution < -0.4 is 11.1 Å². The topological polar surface area (TPSA) is 103 Å². The summed E-state index contributed by atoms with van der Waals surface area (Å²) in [6, 6.07) is 10.1. The molecule has 32 heavy (non-hydrogen) atoms. The Balaban J connectivity index is 1.43. The van der Waals surface area contributed by atoms with E-state index in [0.717, 1.165) is 42.1 Å². The van der Waals surface area contributed by atoms with Crippen molar-refractivity contribution in [1.29, 1.82) is 0 Å². The lowest BCUT2D eigenvalue weighted by molar-refractivity contribution is -0.113. The third-order valence-electron chi connectivity index (χ3n) is 5.66. The lowest BCUT2D eigenvalue weighted by atomic mass is 9.88. The summed E-state index contributed by atoms with van der Waals surface area (Å²) < 4.78 is 2.03. The number of amides is 2. The maximum atomic E-state index is 12.7. The molecule has 1 aliphatic carbocycles. The van der Waals surface area contributed by atoms with Crippen LogP contribution in [-0.2, 0) is 30.6 Å². The molecule has 1 unspecified atom stereocenters. The monoisotopic (exact) mass is 469 g/mol. The third kappa shape index (κ3) is 4.88. The Morgan fingerprint density at radius 2 is 2.06 bits per heavy atom. The van der Waals surface area contributed by atoms with Crippen LogP contribution in [0.1, 0.15) is 52.5 Å². The highest BCUT2D eigenvalue weighted by atomic mass is 32.2. The Morgan fingerprint density at radius 1 is 1.28 bits per heavy atom. The number of anilines is 1. The number of primary amides is 1. The van der Waals surface area contributed by atoms with Gasteiger partial charge in [-0.3, -0.25) is 9.59 Å². The van der Waals surface area contributed by atoms with Gasteiger partial charge in [0.1, 0.15) is 10.8 Å². The zero-order valence-electron chi connectivity index (χ0n) is 18.3. The second kappa shape index (κ2) is 9.87. The number of carbonyl (C=O) groups is 2. The van der Waals surface area contributed by atoms with Crippen molar-refractivity contribution in [2.24, 2.45) is 11.7 Å². The number of carbonyl (C=O) groups excluding carboxylic acids is 2. The fourth-order valence-electron chi connectivity index (χ4n) is 4.04. The molecule has 0 saturated carbocycles. The first-order valence-electron chi connectivity index (χ1n) is 10.8. The quantitative estimate of drug-likeness (QED) is 0.487. The van der Waals surface area contributed by atoms with Gasteiger partial charge in [0.15, 0.2) is 5.16 Å². The summed E-state index contributed by atoms with van der Waals surface area (Å²) in [5.41, 5.74) is 8.31. The molecule has 9 heteroatoms. The number of thioether (sulfide) groups is 1. The number of aromatic nitrogens is 3. The first-order chi connectivity index (χ1) is 15.5. The van der Waals surface area contributed by atoms with Crippen LogP contribution in [0.2, 0.25) is 0 Å². The summed E-state index contributed by atoms with van der Waals surface area (Å²) >= 11 is 2.83. The molecule has 0 saturated heterocycles. The summed E-state index contributed by atoms with van der Waals surface area (Å²) in [7, 11) is 0. The van der Waals surface area contributed by atoms with Gasteiger partial charge in [0.25, 0.3) is 5.91 Å². The molecule has 1 atom stereocenters. The molecule has 2 heterocycles. The third-order valence-corrected chi connectivity index (χ3v) is 7.79. The maximum Gasteiger partial charge on any atom is 0.251 e. The molecular weight excluding hydrogens is 442 g/mol. The normalized spacial score (nSPS) is 15.4. The Kier molecular flexibility index (Phi) is 6.95. The summed E-state index contributed by atoms with van der Waals surface area (Å²) in [5, 5.41) is 12.8. The van der Waals surface area contributed by atoms with Gasteiger partial charge in [-0.2, -0.15) is 0 Å². The Hall–Kier alpha value is -2.65. The van der Waals surface area contributed by atoms with Crippen LogP contribution >= 0.6 is 23.1 Å². The van der Waals surface area contributed by atoms with Gasteiger partial charge in [0, 0.05) is 17.8 Å². The van der Waals surface area contributed by atoms with Crippen molar-refractivity contribution in [3.63, 3.8) is 0 Å². The number of thiophene rings is 1. The van der Waals surface area contributed by atoms with Crippen LogP contribution in [0.15, 0.2) is 35.5 Å². The van der Waals surface area contributed by atoms with E-state index in [-0.39, 0.29) is 11.7 Å². The molecular formula is C23H27N5O2S2. The van der Waals surface area contributed by atoms with Crippen molar-refractivity contribution < 1.29 is 9.59 Å². The van der Waals surface area contributed by atoms with Gasteiger partial charge in [-0.15, -0.1) is 21.5 Å². The zero-order chi connectivity index (χ0) is 22.7. The van der Waals surface area contributed by atoms with E-state index in [1.54, 1.807) is 0 Å². The standard InChI is InChI=1S/C23H27N5O2S2/c1-3-28-18(12-15-7-5-4-6-8-15)26-27-23(28)31-13-19(29)25-22-20(21(24)30)16-10-9-14(2)11-17(16)32-22/h4-8,14H,3,9-13H2,1-2H3,(H2,24,30)(H,25,29). The van der Waals surface area contributed by atoms with Crippen molar-refractivity contribution >= 4 is 39.9 Å². The number of nitrogens with two attached hydrogens (primary N) is 1. The number of nitrogens with one attached hydrogen (secondary N) is 1.